The number of carbonyl (C=O) groups excluding carboxylic acids is 1. The lowest BCUT2D eigenvalue weighted by Crippen LogP contribution is -2.38. The maximum absolute atomic E-state index is 13.5. The number of ether oxygens (including phenoxy) is 1. The first-order chi connectivity index (χ1) is 14.6. The van der Waals surface area contributed by atoms with Gasteiger partial charge in [-0.3, -0.25) is 9.69 Å². The minimum atomic E-state index is -0.195. The summed E-state index contributed by atoms with van der Waals surface area (Å²) >= 11 is 1.52. The zero-order chi connectivity index (χ0) is 21.1. The average Bonchev–Trinajstić information content (AvgIpc) is 3.40. The quantitative estimate of drug-likeness (QED) is 0.397. The number of fused-ring (bicyclic) bond motifs is 2. The van der Waals surface area contributed by atoms with Crippen molar-refractivity contribution in [1.82, 2.24) is 9.88 Å². The number of rotatable bonds is 8. The van der Waals surface area contributed by atoms with E-state index in [2.05, 4.69) is 18.7 Å². The molecule has 0 radical (unpaired) electrons. The van der Waals surface area contributed by atoms with Crippen LogP contribution in [0.2, 0.25) is 0 Å². The summed E-state index contributed by atoms with van der Waals surface area (Å²) in [4.78, 5) is 22.3. The van der Waals surface area contributed by atoms with Crippen molar-refractivity contribution >= 4 is 43.6 Å². The molecule has 0 N–H and O–H groups in total. The van der Waals surface area contributed by atoms with E-state index in [9.17, 15) is 4.79 Å². The van der Waals surface area contributed by atoms with E-state index in [4.69, 9.17) is 14.1 Å². The number of methoxy groups -OCH3 is 1. The molecule has 2 heterocycles. The van der Waals surface area contributed by atoms with Gasteiger partial charge in [0.15, 0.2) is 22.2 Å². The number of nitrogens with zero attached hydrogens (tertiary/aromatic N) is 3. The molecule has 0 aliphatic carbocycles. The molecule has 2 aromatic heterocycles. The molecule has 0 bridgehead atoms. The summed E-state index contributed by atoms with van der Waals surface area (Å²) in [6, 6.07) is 15.3. The maximum atomic E-state index is 13.5. The fraction of sp³-hybridized carbons (Fsp3) is 0.304. The number of likely N-dealkylation sites (N-methyl/N-ethyl adjacent to an activating group) is 1. The standard InChI is InChI=1S/C23H25N3O3S/c1-4-25(5-2)13-14-26(23-24-17-10-6-7-12-20(17)30-23)22(27)19-15-16-9-8-11-18(28-3)21(16)29-19/h6-12,15H,4-5,13-14H2,1-3H3. The molecule has 0 fully saturated rings. The molecular formula is C23H25N3O3S. The van der Waals surface area contributed by atoms with E-state index < -0.39 is 0 Å². The molecule has 0 saturated carbocycles. The minimum absolute atomic E-state index is 0.195. The molecule has 4 rings (SSSR count). The Morgan fingerprint density at radius 2 is 1.90 bits per heavy atom. The highest BCUT2D eigenvalue weighted by Gasteiger charge is 2.25. The molecule has 4 aromatic rings. The Morgan fingerprint density at radius 3 is 2.63 bits per heavy atom. The van der Waals surface area contributed by atoms with Crippen LogP contribution in [0.3, 0.4) is 0 Å². The SMILES string of the molecule is CCN(CC)CCN(C(=O)c1cc2cccc(OC)c2o1)c1nc2ccccc2s1. The van der Waals surface area contributed by atoms with Gasteiger partial charge in [0, 0.05) is 18.5 Å². The molecule has 0 aliphatic rings. The van der Waals surface area contributed by atoms with Crippen molar-refractivity contribution in [3.63, 3.8) is 0 Å². The number of furan rings is 1. The van der Waals surface area contributed by atoms with E-state index in [1.807, 2.05) is 42.5 Å². The molecule has 0 aliphatic heterocycles. The fourth-order valence-corrected chi connectivity index (χ4v) is 4.47. The lowest BCUT2D eigenvalue weighted by Gasteiger charge is -2.24. The van der Waals surface area contributed by atoms with Crippen molar-refractivity contribution in [3.05, 3.63) is 54.3 Å². The summed E-state index contributed by atoms with van der Waals surface area (Å²) in [5.74, 6) is 0.703. The predicted octanol–water partition coefficient (Wildman–Crippen LogP) is 5.04. The Hall–Kier alpha value is -2.90. The van der Waals surface area contributed by atoms with Gasteiger partial charge in [-0.25, -0.2) is 4.98 Å². The second-order valence-electron chi connectivity index (χ2n) is 6.94. The van der Waals surface area contributed by atoms with Crippen LogP contribution in [-0.2, 0) is 0 Å². The van der Waals surface area contributed by atoms with Crippen LogP contribution < -0.4 is 9.64 Å². The normalized spacial score (nSPS) is 11.5. The molecule has 30 heavy (non-hydrogen) atoms. The highest BCUT2D eigenvalue weighted by atomic mass is 32.1. The van der Waals surface area contributed by atoms with Crippen LogP contribution in [0, 0.1) is 0 Å². The van der Waals surface area contributed by atoms with Gasteiger partial charge in [-0.2, -0.15) is 0 Å². The summed E-state index contributed by atoms with van der Waals surface area (Å²) in [5.41, 5.74) is 1.47. The molecule has 156 valence electrons. The minimum Gasteiger partial charge on any atom is -0.493 e. The summed E-state index contributed by atoms with van der Waals surface area (Å²) in [5, 5.41) is 1.52. The second-order valence-corrected chi connectivity index (χ2v) is 7.95. The van der Waals surface area contributed by atoms with Crippen LogP contribution in [0.1, 0.15) is 24.4 Å². The summed E-state index contributed by atoms with van der Waals surface area (Å²) in [7, 11) is 1.59. The zero-order valence-corrected chi connectivity index (χ0v) is 18.2. The molecule has 6 nitrogen and oxygen atoms in total. The van der Waals surface area contributed by atoms with E-state index in [0.717, 1.165) is 35.2 Å². The predicted molar refractivity (Wildman–Crippen MR) is 122 cm³/mol. The van der Waals surface area contributed by atoms with Crippen molar-refractivity contribution in [3.8, 4) is 5.75 Å². The molecule has 0 unspecified atom stereocenters. The molecule has 7 heteroatoms. The van der Waals surface area contributed by atoms with Gasteiger partial charge in [-0.05, 0) is 37.4 Å². The van der Waals surface area contributed by atoms with Crippen LogP contribution in [-0.4, -0.2) is 49.1 Å². The van der Waals surface area contributed by atoms with Crippen LogP contribution >= 0.6 is 11.3 Å². The first kappa shape index (κ1) is 20.4. The topological polar surface area (TPSA) is 58.8 Å². The monoisotopic (exact) mass is 423 g/mol. The number of hydrogen-bond donors (Lipinski definition) is 0. The first-order valence-electron chi connectivity index (χ1n) is 10.1. The highest BCUT2D eigenvalue weighted by Crippen LogP contribution is 2.32. The number of thiazole rings is 1. The van der Waals surface area contributed by atoms with Crippen LogP contribution in [0.4, 0.5) is 5.13 Å². The smallest absolute Gasteiger partial charge is 0.295 e. The summed E-state index contributed by atoms with van der Waals surface area (Å²) < 4.78 is 12.4. The van der Waals surface area contributed by atoms with Crippen molar-refractivity contribution in [2.24, 2.45) is 0 Å². The Kier molecular flexibility index (Phi) is 6.01. The maximum Gasteiger partial charge on any atom is 0.295 e. The summed E-state index contributed by atoms with van der Waals surface area (Å²) in [6.07, 6.45) is 0. The third-order valence-electron chi connectivity index (χ3n) is 5.23. The van der Waals surface area contributed by atoms with Gasteiger partial charge >= 0.3 is 0 Å². The van der Waals surface area contributed by atoms with Gasteiger partial charge in [0.25, 0.3) is 5.91 Å². The molecule has 1 amide bonds. The Balaban J connectivity index is 1.71. The number of anilines is 1. The number of carbonyl (C=O) groups is 1. The van der Waals surface area contributed by atoms with Crippen LogP contribution in [0.15, 0.2) is 52.9 Å². The van der Waals surface area contributed by atoms with Gasteiger partial charge in [-0.1, -0.05) is 49.4 Å². The van der Waals surface area contributed by atoms with E-state index in [0.29, 0.717) is 23.0 Å². The van der Waals surface area contributed by atoms with Gasteiger partial charge in [0.05, 0.1) is 17.3 Å². The van der Waals surface area contributed by atoms with E-state index in [1.54, 1.807) is 18.1 Å². The van der Waals surface area contributed by atoms with Gasteiger partial charge in [-0.15, -0.1) is 0 Å². The number of amides is 1. The molecule has 0 spiro atoms. The average molecular weight is 424 g/mol. The molecular weight excluding hydrogens is 398 g/mol. The van der Waals surface area contributed by atoms with Gasteiger partial charge in [0.2, 0.25) is 0 Å². The van der Waals surface area contributed by atoms with Gasteiger partial charge in [0.1, 0.15) is 0 Å². The van der Waals surface area contributed by atoms with E-state index in [-0.39, 0.29) is 11.7 Å². The second kappa shape index (κ2) is 8.85. The highest BCUT2D eigenvalue weighted by molar-refractivity contribution is 7.22. The Bertz CT molecular complexity index is 1130. The lowest BCUT2D eigenvalue weighted by molar-refractivity contribution is 0.0959. The Morgan fingerprint density at radius 1 is 1.10 bits per heavy atom. The van der Waals surface area contributed by atoms with Crippen molar-refractivity contribution in [2.75, 3.05) is 38.2 Å². The molecule has 2 aromatic carbocycles. The van der Waals surface area contributed by atoms with Crippen LogP contribution in [0.5, 0.6) is 5.75 Å². The fourth-order valence-electron chi connectivity index (χ4n) is 3.48. The van der Waals surface area contributed by atoms with Crippen molar-refractivity contribution < 1.29 is 13.9 Å². The molecule has 0 saturated heterocycles. The number of para-hydroxylation sites is 2. The summed E-state index contributed by atoms with van der Waals surface area (Å²) in [6.45, 7) is 7.41. The van der Waals surface area contributed by atoms with Crippen molar-refractivity contribution in [2.45, 2.75) is 13.8 Å². The van der Waals surface area contributed by atoms with Crippen LogP contribution in [0.25, 0.3) is 21.2 Å². The number of benzene rings is 2. The third kappa shape index (κ3) is 3.91. The van der Waals surface area contributed by atoms with Gasteiger partial charge < -0.3 is 14.1 Å². The van der Waals surface area contributed by atoms with E-state index in [1.165, 1.54) is 11.3 Å². The largest absolute Gasteiger partial charge is 0.493 e. The number of aromatic nitrogens is 1. The zero-order valence-electron chi connectivity index (χ0n) is 17.4. The first-order valence-corrected chi connectivity index (χ1v) is 10.9. The lowest BCUT2D eigenvalue weighted by atomic mass is 10.2. The van der Waals surface area contributed by atoms with Crippen molar-refractivity contribution in [1.29, 1.82) is 0 Å². The Labute approximate surface area is 179 Å². The van der Waals surface area contributed by atoms with E-state index >= 15 is 0 Å². The molecule has 0 atom stereocenters. The third-order valence-corrected chi connectivity index (χ3v) is 6.29. The number of hydrogen-bond acceptors (Lipinski definition) is 6.